The van der Waals surface area contributed by atoms with Gasteiger partial charge >= 0.3 is 6.18 Å². The zero-order valence-electron chi connectivity index (χ0n) is 40.5. The number of ether oxygens (including phenoxy) is 3. The maximum atomic E-state index is 14.1. The number of carbonyl (C=O) groups is 5. The van der Waals surface area contributed by atoms with E-state index in [1.54, 1.807) is 35.3 Å². The summed E-state index contributed by atoms with van der Waals surface area (Å²) in [6.07, 6.45) is 3.98. The average molecular weight is 981 g/mol. The van der Waals surface area contributed by atoms with E-state index in [1.807, 2.05) is 11.0 Å². The number of benzene rings is 1. The Labute approximate surface area is 406 Å². The van der Waals surface area contributed by atoms with Crippen LogP contribution in [0.25, 0.3) is 10.9 Å². The van der Waals surface area contributed by atoms with E-state index in [1.165, 1.54) is 12.4 Å². The number of hydrogen-bond acceptors (Lipinski definition) is 13. The SMILES string of the molecule is CC(C)N(C)[C@@H]1CC[C@H](N2CC[C@H](Nc3ncnc4ccc(C(F)(F)F)cc34)C2=O)[C@H](NC(=O)C2CCN(C(=O)CCOCCOCCOCCNC(=O)[C@H]3CC(=O)N(C)[C@@H]3c3cccnc3)CC2)C1. The molecule has 1 aliphatic carbocycles. The van der Waals surface area contributed by atoms with Crippen molar-refractivity contribution in [3.63, 3.8) is 0 Å². The van der Waals surface area contributed by atoms with Gasteiger partial charge in [-0.2, -0.15) is 13.2 Å². The Kier molecular flexibility index (Phi) is 18.0. The predicted molar refractivity (Wildman–Crippen MR) is 252 cm³/mol. The zero-order valence-corrected chi connectivity index (χ0v) is 40.5. The van der Waals surface area contributed by atoms with Crippen molar-refractivity contribution in [3.05, 3.63) is 60.2 Å². The Hall–Kier alpha value is -5.51. The maximum Gasteiger partial charge on any atom is 0.416 e. The first-order valence-electron chi connectivity index (χ1n) is 24.5. The summed E-state index contributed by atoms with van der Waals surface area (Å²) in [4.78, 5) is 86.3. The highest BCUT2D eigenvalue weighted by Crippen LogP contribution is 2.37. The van der Waals surface area contributed by atoms with Crippen molar-refractivity contribution < 1.29 is 51.4 Å². The first kappa shape index (κ1) is 52.3. The lowest BCUT2D eigenvalue weighted by Gasteiger charge is -2.45. The average Bonchev–Trinajstić information content (AvgIpc) is 3.87. The molecule has 0 radical (unpaired) electrons. The summed E-state index contributed by atoms with van der Waals surface area (Å²) in [5, 5.41) is 9.50. The highest BCUT2D eigenvalue weighted by Gasteiger charge is 2.45. The highest BCUT2D eigenvalue weighted by atomic mass is 19.4. The number of pyridine rings is 1. The number of rotatable bonds is 21. The molecule has 2 aromatic heterocycles. The smallest absolute Gasteiger partial charge is 0.379 e. The number of anilines is 1. The Bertz CT molecular complexity index is 2270. The van der Waals surface area contributed by atoms with Crippen LogP contribution in [0.2, 0.25) is 0 Å². The van der Waals surface area contributed by atoms with E-state index in [9.17, 15) is 37.1 Å². The van der Waals surface area contributed by atoms with Crippen molar-refractivity contribution >= 4 is 46.3 Å². The van der Waals surface area contributed by atoms with Gasteiger partial charge in [-0.25, -0.2) is 9.97 Å². The van der Waals surface area contributed by atoms with Gasteiger partial charge in [-0.1, -0.05) is 6.07 Å². The highest BCUT2D eigenvalue weighted by molar-refractivity contribution is 5.93. The van der Waals surface area contributed by atoms with E-state index in [0.29, 0.717) is 90.2 Å². The molecule has 1 aromatic carbocycles. The Morgan fingerprint density at radius 2 is 1.63 bits per heavy atom. The fourth-order valence-electron chi connectivity index (χ4n) is 10.2. The van der Waals surface area contributed by atoms with E-state index in [0.717, 1.165) is 24.1 Å². The molecule has 1 saturated carbocycles. The topological polar surface area (TPSA) is 201 Å². The van der Waals surface area contributed by atoms with Crippen LogP contribution < -0.4 is 16.0 Å². The van der Waals surface area contributed by atoms with Crippen molar-refractivity contribution in [2.24, 2.45) is 11.8 Å². The molecule has 3 aliphatic heterocycles. The fraction of sp³-hybridized carbons (Fsp3) is 0.633. The van der Waals surface area contributed by atoms with Crippen molar-refractivity contribution in [1.82, 2.24) is 45.2 Å². The van der Waals surface area contributed by atoms with Gasteiger partial charge in [0.15, 0.2) is 0 Å². The number of aromatic nitrogens is 3. The molecule has 4 aliphatic rings. The zero-order chi connectivity index (χ0) is 50.0. The number of likely N-dealkylation sites (tertiary alicyclic amines) is 3. The first-order chi connectivity index (χ1) is 33.6. The molecule has 3 N–H and O–H groups in total. The predicted octanol–water partition coefficient (Wildman–Crippen LogP) is 3.82. The molecule has 21 heteroatoms. The van der Waals surface area contributed by atoms with Crippen LogP contribution in [0.4, 0.5) is 19.0 Å². The third kappa shape index (κ3) is 13.1. The minimum atomic E-state index is -4.55. The summed E-state index contributed by atoms with van der Waals surface area (Å²) >= 11 is 0. The summed E-state index contributed by atoms with van der Waals surface area (Å²) in [5.41, 5.74) is 0.315. The number of hydrogen-bond donors (Lipinski definition) is 3. The summed E-state index contributed by atoms with van der Waals surface area (Å²) in [5.74, 6) is -1.26. The molecule has 3 saturated heterocycles. The van der Waals surface area contributed by atoms with E-state index < -0.39 is 23.7 Å². The lowest BCUT2D eigenvalue weighted by Crippen LogP contribution is -2.59. The van der Waals surface area contributed by atoms with Gasteiger partial charge in [-0.05, 0) is 89.2 Å². The molecule has 382 valence electrons. The molecule has 4 fully saturated rings. The number of nitrogens with zero attached hydrogens (tertiary/aromatic N) is 7. The van der Waals surface area contributed by atoms with Crippen LogP contribution in [0.15, 0.2) is 49.1 Å². The van der Waals surface area contributed by atoms with Crippen LogP contribution in [0.3, 0.4) is 0 Å². The largest absolute Gasteiger partial charge is 0.416 e. The van der Waals surface area contributed by atoms with Gasteiger partial charge in [-0.3, -0.25) is 29.0 Å². The minimum Gasteiger partial charge on any atom is -0.379 e. The summed E-state index contributed by atoms with van der Waals surface area (Å²) < 4.78 is 57.6. The van der Waals surface area contributed by atoms with Gasteiger partial charge in [0, 0.05) is 75.4 Å². The summed E-state index contributed by atoms with van der Waals surface area (Å²) in [6, 6.07) is 5.73. The minimum absolute atomic E-state index is 0.0437. The Morgan fingerprint density at radius 1 is 0.900 bits per heavy atom. The molecule has 0 spiro atoms. The number of amides is 5. The second kappa shape index (κ2) is 24.1. The quantitative estimate of drug-likeness (QED) is 0.130. The number of carbonyl (C=O) groups excluding carboxylic acids is 5. The third-order valence-electron chi connectivity index (χ3n) is 14.3. The molecular weight excluding hydrogens is 914 g/mol. The molecule has 3 aromatic rings. The molecule has 0 bridgehead atoms. The van der Waals surface area contributed by atoms with E-state index in [-0.39, 0.29) is 103 Å². The third-order valence-corrected chi connectivity index (χ3v) is 14.3. The van der Waals surface area contributed by atoms with Crippen molar-refractivity contribution in [2.45, 2.75) is 108 Å². The van der Waals surface area contributed by atoms with Crippen LogP contribution in [0.1, 0.15) is 82.4 Å². The van der Waals surface area contributed by atoms with Crippen molar-refractivity contribution in [2.75, 3.05) is 85.2 Å². The van der Waals surface area contributed by atoms with Crippen LogP contribution in [0, 0.1) is 11.8 Å². The van der Waals surface area contributed by atoms with Gasteiger partial charge < -0.3 is 49.8 Å². The lowest BCUT2D eigenvalue weighted by molar-refractivity contribution is -0.138. The van der Waals surface area contributed by atoms with Gasteiger partial charge in [0.2, 0.25) is 29.5 Å². The van der Waals surface area contributed by atoms with Crippen LogP contribution >= 0.6 is 0 Å². The molecule has 70 heavy (non-hydrogen) atoms. The number of piperidine rings is 1. The fourth-order valence-corrected chi connectivity index (χ4v) is 10.2. The Morgan fingerprint density at radius 3 is 2.33 bits per heavy atom. The van der Waals surface area contributed by atoms with E-state index in [4.69, 9.17) is 14.2 Å². The monoisotopic (exact) mass is 981 g/mol. The first-order valence-corrected chi connectivity index (χ1v) is 24.5. The summed E-state index contributed by atoms with van der Waals surface area (Å²) in [6.45, 7) is 7.66. The Balaban J connectivity index is 0.787. The molecule has 5 amide bonds. The van der Waals surface area contributed by atoms with Gasteiger partial charge in [-0.15, -0.1) is 0 Å². The van der Waals surface area contributed by atoms with E-state index in [2.05, 4.69) is 56.7 Å². The summed E-state index contributed by atoms with van der Waals surface area (Å²) in [7, 11) is 3.77. The lowest BCUT2D eigenvalue weighted by atomic mass is 9.84. The van der Waals surface area contributed by atoms with Crippen molar-refractivity contribution in [3.8, 4) is 0 Å². The molecular formula is C49H67F3N10O8. The standard InChI is InChI=1S/C49H67F3N10O8/c1-31(2)59(3)35-8-10-41(62-19-13-39(48(62)67)57-45-36-26-34(49(50,51)52)7-9-38(36)55-30-56-45)40(27-35)58-46(65)32-11-17-61(18-12-32)42(63)14-20-68-22-24-70-25-23-69-21-16-54-47(66)37-28-43(64)60(4)44(37)33-6-5-15-53-29-33/h5-7,9,15,26,29-32,35,37,39-41,44H,8,10-14,16-25,27-28H2,1-4H3,(H,54,66)(H,58,65)(H,55,56,57)/t35-,37+,39+,40-,41+,44-/m1/s1. The number of fused-ring (bicyclic) bond motifs is 1. The number of nitrogens with one attached hydrogen (secondary N) is 3. The van der Waals surface area contributed by atoms with Gasteiger partial charge in [0.25, 0.3) is 0 Å². The maximum absolute atomic E-state index is 14.1. The van der Waals surface area contributed by atoms with Crippen LogP contribution in [0.5, 0.6) is 0 Å². The van der Waals surface area contributed by atoms with Crippen LogP contribution in [-0.2, 0) is 44.4 Å². The van der Waals surface area contributed by atoms with Crippen LogP contribution in [-0.4, -0.2) is 174 Å². The van der Waals surface area contributed by atoms with Gasteiger partial charge in [0.05, 0.1) is 81.2 Å². The van der Waals surface area contributed by atoms with E-state index >= 15 is 0 Å². The molecule has 18 nitrogen and oxygen atoms in total. The normalized spacial score (nSPS) is 23.5. The molecule has 0 unspecified atom stereocenters. The van der Waals surface area contributed by atoms with Gasteiger partial charge in [0.1, 0.15) is 18.2 Å². The van der Waals surface area contributed by atoms with Crippen molar-refractivity contribution in [1.29, 1.82) is 0 Å². The second-order valence-corrected chi connectivity index (χ2v) is 19.0. The molecule has 5 heterocycles. The molecule has 7 rings (SSSR count). The number of halogens is 3. The molecule has 6 atom stereocenters. The second-order valence-electron chi connectivity index (χ2n) is 19.0. The number of alkyl halides is 3.